The highest BCUT2D eigenvalue weighted by Gasteiger charge is 2.33. The Kier molecular flexibility index (Phi) is 9.49. The zero-order valence-corrected chi connectivity index (χ0v) is 21.9. The number of aliphatic hydroxyl groups is 2. The Morgan fingerprint density at radius 1 is 1.03 bits per heavy atom. The maximum Gasteiger partial charge on any atom is 0.271 e. The Labute approximate surface area is 224 Å². The molecule has 0 unspecified atom stereocenters. The van der Waals surface area contributed by atoms with Crippen LogP contribution in [0, 0.1) is 11.6 Å². The number of aromatic nitrogens is 1. The van der Waals surface area contributed by atoms with Crippen LogP contribution in [0.2, 0.25) is 0 Å². The Morgan fingerprint density at radius 3 is 2.26 bits per heavy atom. The molecule has 38 heavy (non-hydrogen) atoms. The van der Waals surface area contributed by atoms with Gasteiger partial charge in [0.2, 0.25) is 10.0 Å². The van der Waals surface area contributed by atoms with Crippen LogP contribution in [0.1, 0.15) is 36.2 Å². The molecule has 2 aromatic carbocycles. The number of rotatable bonds is 11. The van der Waals surface area contributed by atoms with E-state index in [1.807, 2.05) is 0 Å². The third-order valence-electron chi connectivity index (χ3n) is 5.37. The lowest BCUT2D eigenvalue weighted by atomic mass is 9.94. The summed E-state index contributed by atoms with van der Waals surface area (Å²) in [6.45, 7) is 1.44. The molecule has 10 nitrogen and oxygen atoms in total. The second kappa shape index (κ2) is 12.4. The van der Waals surface area contributed by atoms with Gasteiger partial charge in [-0.25, -0.2) is 22.2 Å². The summed E-state index contributed by atoms with van der Waals surface area (Å²) in [7, 11) is -3.64. The maximum atomic E-state index is 13.8. The minimum atomic E-state index is -3.64. The summed E-state index contributed by atoms with van der Waals surface area (Å²) in [5.74, 6) is -3.10. The lowest BCUT2D eigenvalue weighted by molar-refractivity contribution is -0.0188. The smallest absolute Gasteiger partial charge is 0.271 e. The number of benzene rings is 2. The Bertz CT molecular complexity index is 1380. The van der Waals surface area contributed by atoms with Gasteiger partial charge in [-0.2, -0.15) is 0 Å². The largest absolute Gasteiger partial charge is 0.388 e. The molecule has 0 aliphatic heterocycles. The number of amides is 2. The second-order valence-electron chi connectivity index (χ2n) is 8.58. The summed E-state index contributed by atoms with van der Waals surface area (Å²) < 4.78 is 52.5. The average Bonchev–Trinajstić information content (AvgIpc) is 3.29. The quantitative estimate of drug-likeness (QED) is 0.236. The van der Waals surface area contributed by atoms with Crippen molar-refractivity contribution in [2.45, 2.75) is 37.6 Å². The average molecular weight is 573 g/mol. The minimum Gasteiger partial charge on any atom is -0.388 e. The van der Waals surface area contributed by atoms with Crippen molar-refractivity contribution in [2.24, 2.45) is 0 Å². The van der Waals surface area contributed by atoms with Crippen molar-refractivity contribution in [1.29, 1.82) is 0 Å². The van der Waals surface area contributed by atoms with Crippen molar-refractivity contribution in [2.75, 3.05) is 11.0 Å². The first-order valence-electron chi connectivity index (χ1n) is 11.2. The standard InChI is InChI=1S/C24H26F2N4O6S2.2H2/c1-13(27-22(33)15-6-4-3-5-7-15)20(31)21(32)18(10-14-8-16(25)11-17(26)9-14)28-23(34)19-12-37-24(29-19)30-38(2,35)36;;/h3-9,11-13,18,20-21,31-32H,10H2,1-2H3,(H,27,33)(H,28,34)(H,29,30);2*1H/t13-,18+,20-,21-;;/m1../s1. The molecule has 1 aromatic heterocycles. The van der Waals surface area contributed by atoms with Gasteiger partial charge in [0.15, 0.2) is 5.13 Å². The lowest BCUT2D eigenvalue weighted by Gasteiger charge is -2.31. The van der Waals surface area contributed by atoms with Crippen molar-refractivity contribution in [1.82, 2.24) is 15.6 Å². The fraction of sp³-hybridized carbons (Fsp3) is 0.292. The molecule has 208 valence electrons. The van der Waals surface area contributed by atoms with Gasteiger partial charge in [0.25, 0.3) is 11.8 Å². The van der Waals surface area contributed by atoms with Crippen LogP contribution in [0.3, 0.4) is 0 Å². The summed E-state index contributed by atoms with van der Waals surface area (Å²) in [5, 5.41) is 28.0. The van der Waals surface area contributed by atoms with Crippen LogP contribution in [-0.2, 0) is 16.4 Å². The molecule has 3 rings (SSSR count). The zero-order chi connectivity index (χ0) is 28.0. The van der Waals surface area contributed by atoms with Gasteiger partial charge in [0.05, 0.1) is 18.3 Å². The summed E-state index contributed by atoms with van der Waals surface area (Å²) in [6.07, 6.45) is -2.69. The summed E-state index contributed by atoms with van der Waals surface area (Å²) in [6, 6.07) is 8.57. The predicted octanol–water partition coefficient (Wildman–Crippen LogP) is 2.17. The molecule has 5 N–H and O–H groups in total. The van der Waals surface area contributed by atoms with Crippen molar-refractivity contribution in [3.63, 3.8) is 0 Å². The predicted molar refractivity (Wildman–Crippen MR) is 142 cm³/mol. The van der Waals surface area contributed by atoms with Gasteiger partial charge >= 0.3 is 0 Å². The van der Waals surface area contributed by atoms with E-state index < -0.39 is 57.8 Å². The van der Waals surface area contributed by atoms with E-state index >= 15 is 0 Å². The van der Waals surface area contributed by atoms with E-state index in [0.29, 0.717) is 11.6 Å². The molecule has 0 bridgehead atoms. The number of aliphatic hydroxyl groups excluding tert-OH is 2. The molecule has 0 fully saturated rings. The van der Waals surface area contributed by atoms with Gasteiger partial charge in [-0.3, -0.25) is 14.3 Å². The van der Waals surface area contributed by atoms with Crippen molar-refractivity contribution < 1.29 is 39.9 Å². The second-order valence-corrected chi connectivity index (χ2v) is 11.2. The van der Waals surface area contributed by atoms with Gasteiger partial charge in [0, 0.05) is 19.9 Å². The van der Waals surface area contributed by atoms with E-state index in [1.165, 1.54) is 12.3 Å². The van der Waals surface area contributed by atoms with Crippen molar-refractivity contribution in [3.8, 4) is 0 Å². The molecule has 0 radical (unpaired) electrons. The molecule has 0 aliphatic carbocycles. The first-order valence-corrected chi connectivity index (χ1v) is 14.0. The molecular weight excluding hydrogens is 542 g/mol. The van der Waals surface area contributed by atoms with Crippen LogP contribution in [0.4, 0.5) is 13.9 Å². The molecule has 1 heterocycles. The molecule has 2 amide bonds. The van der Waals surface area contributed by atoms with Gasteiger partial charge in [-0.05, 0) is 43.2 Å². The molecule has 0 aliphatic rings. The van der Waals surface area contributed by atoms with Gasteiger partial charge < -0.3 is 20.8 Å². The van der Waals surface area contributed by atoms with Crippen LogP contribution in [0.25, 0.3) is 0 Å². The summed E-state index contributed by atoms with van der Waals surface area (Å²) >= 11 is 0.843. The van der Waals surface area contributed by atoms with Gasteiger partial charge in [-0.1, -0.05) is 18.2 Å². The molecule has 0 saturated carbocycles. The van der Waals surface area contributed by atoms with E-state index in [-0.39, 0.29) is 25.7 Å². The van der Waals surface area contributed by atoms with E-state index in [1.54, 1.807) is 30.3 Å². The van der Waals surface area contributed by atoms with E-state index in [2.05, 4.69) is 20.3 Å². The zero-order valence-electron chi connectivity index (χ0n) is 20.3. The highest BCUT2D eigenvalue weighted by atomic mass is 32.2. The first-order chi connectivity index (χ1) is 17.8. The van der Waals surface area contributed by atoms with Crippen LogP contribution < -0.4 is 15.4 Å². The fourth-order valence-corrected chi connectivity index (χ4v) is 5.11. The number of carbonyl (C=O) groups excluding carboxylic acids is 2. The van der Waals surface area contributed by atoms with Crippen molar-refractivity contribution >= 4 is 38.3 Å². The first kappa shape index (κ1) is 29.1. The molecule has 0 spiro atoms. The number of halogens is 2. The minimum absolute atomic E-state index is 0. The lowest BCUT2D eigenvalue weighted by Crippen LogP contribution is -2.55. The number of anilines is 1. The highest BCUT2D eigenvalue weighted by Crippen LogP contribution is 2.19. The number of nitrogens with zero attached hydrogens (tertiary/aromatic N) is 1. The monoisotopic (exact) mass is 572 g/mol. The number of sulfonamides is 1. The van der Waals surface area contributed by atoms with Crippen LogP contribution >= 0.6 is 11.3 Å². The van der Waals surface area contributed by atoms with Gasteiger partial charge in [0.1, 0.15) is 29.5 Å². The number of nitrogens with one attached hydrogen (secondary N) is 3. The third-order valence-corrected chi connectivity index (χ3v) is 6.82. The maximum absolute atomic E-state index is 13.8. The molecular formula is C24H30F2N4O6S2. The van der Waals surface area contributed by atoms with Crippen molar-refractivity contribution in [3.05, 3.63) is 82.4 Å². The topological polar surface area (TPSA) is 158 Å². The van der Waals surface area contributed by atoms with Crippen LogP contribution in [-0.4, -0.2) is 66.0 Å². The number of hydrogen-bond acceptors (Lipinski definition) is 8. The van der Waals surface area contributed by atoms with Crippen LogP contribution in [0.15, 0.2) is 53.9 Å². The number of thiazole rings is 1. The summed E-state index contributed by atoms with van der Waals surface area (Å²) in [4.78, 5) is 29.2. The number of carbonyl (C=O) groups is 2. The SMILES string of the molecule is C[C@@H](NC(=O)c1ccccc1)[C@@H](O)[C@H](O)[C@H](Cc1cc(F)cc(F)c1)NC(=O)c1csc(NS(C)(=O)=O)n1.[HH].[HH]. The Hall–Kier alpha value is -3.46. The third kappa shape index (κ3) is 8.28. The highest BCUT2D eigenvalue weighted by molar-refractivity contribution is 7.92. The van der Waals surface area contributed by atoms with Crippen LogP contribution in [0.5, 0.6) is 0 Å². The number of hydrogen-bond donors (Lipinski definition) is 5. The van der Waals surface area contributed by atoms with Gasteiger partial charge in [-0.15, -0.1) is 11.3 Å². The Balaban J connectivity index is 0.00000400. The molecule has 0 saturated heterocycles. The summed E-state index contributed by atoms with van der Waals surface area (Å²) in [5.41, 5.74) is 0.213. The normalized spacial score (nSPS) is 14.7. The van der Waals surface area contributed by atoms with E-state index in [9.17, 15) is 37.0 Å². The van der Waals surface area contributed by atoms with E-state index in [0.717, 1.165) is 29.7 Å². The fourth-order valence-electron chi connectivity index (χ4n) is 3.56. The molecule has 14 heteroatoms. The Morgan fingerprint density at radius 2 is 1.66 bits per heavy atom. The molecule has 3 aromatic rings. The molecule has 4 atom stereocenters. The van der Waals surface area contributed by atoms with E-state index in [4.69, 9.17) is 0 Å².